The maximum atomic E-state index is 12.6. The summed E-state index contributed by atoms with van der Waals surface area (Å²) >= 11 is 0. The molecule has 2 aromatic heterocycles. The Balaban J connectivity index is 1.48. The number of amides is 1. The highest BCUT2D eigenvalue weighted by Crippen LogP contribution is 2.25. The first kappa shape index (κ1) is 17.4. The van der Waals surface area contributed by atoms with Crippen LogP contribution in [0.4, 0.5) is 0 Å². The van der Waals surface area contributed by atoms with Crippen LogP contribution in [0.15, 0.2) is 59.9 Å². The summed E-state index contributed by atoms with van der Waals surface area (Å²) in [6.07, 6.45) is 5.46. The smallest absolute Gasteiger partial charge is 0.261 e. The molecule has 1 saturated heterocycles. The summed E-state index contributed by atoms with van der Waals surface area (Å²) in [7, 11) is 0. The molecule has 1 aliphatic rings. The molecule has 0 spiro atoms. The molecule has 3 aromatic rings. The molecular formula is C20H20N4O3. The van der Waals surface area contributed by atoms with Crippen LogP contribution in [0.2, 0.25) is 0 Å². The van der Waals surface area contributed by atoms with Crippen LogP contribution in [-0.4, -0.2) is 49.1 Å². The zero-order valence-corrected chi connectivity index (χ0v) is 14.8. The predicted molar refractivity (Wildman–Crippen MR) is 100 cm³/mol. The molecule has 1 fully saturated rings. The highest BCUT2D eigenvalue weighted by molar-refractivity contribution is 5.93. The van der Waals surface area contributed by atoms with Gasteiger partial charge in [0.25, 0.3) is 11.5 Å². The molecule has 3 heterocycles. The van der Waals surface area contributed by atoms with Gasteiger partial charge in [0.2, 0.25) is 0 Å². The molecule has 0 bridgehead atoms. The van der Waals surface area contributed by atoms with E-state index in [4.69, 9.17) is 0 Å². The number of carbonyl (C=O) groups excluding carboxylic acids is 1. The molecule has 4 rings (SSSR count). The third kappa shape index (κ3) is 3.46. The number of likely N-dealkylation sites (tertiary alicyclic amines) is 1. The fraction of sp³-hybridized carbons (Fsp3) is 0.300. The topological polar surface area (TPSA) is 88.3 Å². The average Bonchev–Trinajstić information content (AvgIpc) is 2.71. The lowest BCUT2D eigenvalue weighted by Gasteiger charge is -2.38. The number of aromatic nitrogens is 3. The maximum Gasteiger partial charge on any atom is 0.261 e. The SMILES string of the molecule is O=C(c1cccnc1)N1CCC(O)(Cn2cnc3ccccc3c2=O)CC1. The number of hydrogen-bond donors (Lipinski definition) is 1. The van der Waals surface area contributed by atoms with Crippen LogP contribution < -0.4 is 5.56 Å². The second-order valence-corrected chi connectivity index (χ2v) is 6.95. The van der Waals surface area contributed by atoms with Crippen LogP contribution in [0.1, 0.15) is 23.2 Å². The van der Waals surface area contributed by atoms with E-state index >= 15 is 0 Å². The number of fused-ring (bicyclic) bond motifs is 1. The lowest BCUT2D eigenvalue weighted by molar-refractivity contribution is -0.0299. The van der Waals surface area contributed by atoms with Crippen LogP contribution in [-0.2, 0) is 6.54 Å². The van der Waals surface area contributed by atoms with Gasteiger partial charge in [0.1, 0.15) is 0 Å². The first-order valence-electron chi connectivity index (χ1n) is 8.92. The van der Waals surface area contributed by atoms with Gasteiger partial charge in [-0.05, 0) is 37.1 Å². The Morgan fingerprint density at radius 1 is 1.15 bits per heavy atom. The van der Waals surface area contributed by atoms with Crippen LogP contribution in [0.3, 0.4) is 0 Å². The van der Waals surface area contributed by atoms with E-state index in [1.807, 2.05) is 6.07 Å². The van der Waals surface area contributed by atoms with Crippen molar-refractivity contribution in [3.05, 3.63) is 71.0 Å². The monoisotopic (exact) mass is 364 g/mol. The van der Waals surface area contributed by atoms with Crippen molar-refractivity contribution in [2.45, 2.75) is 25.0 Å². The van der Waals surface area contributed by atoms with Crippen LogP contribution in [0.5, 0.6) is 0 Å². The number of benzene rings is 1. The van der Waals surface area contributed by atoms with Gasteiger partial charge in [0, 0.05) is 25.5 Å². The van der Waals surface area contributed by atoms with Crippen molar-refractivity contribution in [2.24, 2.45) is 0 Å². The number of pyridine rings is 1. The summed E-state index contributed by atoms with van der Waals surface area (Å²) in [5.74, 6) is -0.0883. The van der Waals surface area contributed by atoms with Gasteiger partial charge < -0.3 is 10.0 Å². The van der Waals surface area contributed by atoms with Crippen molar-refractivity contribution >= 4 is 16.8 Å². The zero-order valence-electron chi connectivity index (χ0n) is 14.8. The Morgan fingerprint density at radius 2 is 1.93 bits per heavy atom. The molecule has 1 aromatic carbocycles. The van der Waals surface area contributed by atoms with E-state index < -0.39 is 5.60 Å². The fourth-order valence-corrected chi connectivity index (χ4v) is 3.49. The normalized spacial score (nSPS) is 16.4. The molecule has 27 heavy (non-hydrogen) atoms. The van der Waals surface area contributed by atoms with E-state index in [9.17, 15) is 14.7 Å². The van der Waals surface area contributed by atoms with Gasteiger partial charge in [0.05, 0.1) is 34.9 Å². The molecule has 1 N–H and O–H groups in total. The minimum absolute atomic E-state index is 0.0883. The van der Waals surface area contributed by atoms with Gasteiger partial charge in [-0.1, -0.05) is 12.1 Å². The molecule has 7 heteroatoms. The van der Waals surface area contributed by atoms with Crippen molar-refractivity contribution in [1.29, 1.82) is 0 Å². The number of carbonyl (C=O) groups is 1. The van der Waals surface area contributed by atoms with Crippen molar-refractivity contribution in [3.8, 4) is 0 Å². The van der Waals surface area contributed by atoms with Crippen molar-refractivity contribution < 1.29 is 9.90 Å². The summed E-state index contributed by atoms with van der Waals surface area (Å²) in [6, 6.07) is 10.6. The first-order chi connectivity index (χ1) is 13.1. The number of para-hydroxylation sites is 1. The van der Waals surface area contributed by atoms with E-state index in [1.165, 1.54) is 10.9 Å². The minimum Gasteiger partial charge on any atom is -0.388 e. The van der Waals surface area contributed by atoms with Gasteiger partial charge in [0.15, 0.2) is 0 Å². The zero-order chi connectivity index (χ0) is 18.9. The number of rotatable bonds is 3. The predicted octanol–water partition coefficient (Wildman–Crippen LogP) is 1.46. The van der Waals surface area contributed by atoms with Crippen molar-refractivity contribution in [1.82, 2.24) is 19.4 Å². The molecule has 0 atom stereocenters. The summed E-state index contributed by atoms with van der Waals surface area (Å²) in [6.45, 7) is 1.03. The van der Waals surface area contributed by atoms with Crippen molar-refractivity contribution in [2.75, 3.05) is 13.1 Å². The minimum atomic E-state index is -1.04. The van der Waals surface area contributed by atoms with Crippen LogP contribution in [0, 0.1) is 0 Å². The number of hydrogen-bond acceptors (Lipinski definition) is 5. The van der Waals surface area contributed by atoms with E-state index in [2.05, 4.69) is 9.97 Å². The van der Waals surface area contributed by atoms with Crippen molar-refractivity contribution in [3.63, 3.8) is 0 Å². The van der Waals surface area contributed by atoms with Gasteiger partial charge >= 0.3 is 0 Å². The van der Waals surface area contributed by atoms with E-state index in [0.29, 0.717) is 42.4 Å². The summed E-state index contributed by atoms with van der Waals surface area (Å²) in [5.41, 5.74) is -0.0249. The van der Waals surface area contributed by atoms with Crippen LogP contribution >= 0.6 is 0 Å². The Morgan fingerprint density at radius 3 is 2.67 bits per heavy atom. The Kier molecular flexibility index (Phi) is 4.45. The fourth-order valence-electron chi connectivity index (χ4n) is 3.49. The molecule has 0 aliphatic carbocycles. The number of nitrogens with zero attached hydrogens (tertiary/aromatic N) is 4. The second-order valence-electron chi connectivity index (χ2n) is 6.95. The molecule has 1 aliphatic heterocycles. The third-order valence-corrected chi connectivity index (χ3v) is 5.09. The second kappa shape index (κ2) is 6.92. The Hall–Kier alpha value is -3.06. The highest BCUT2D eigenvalue weighted by atomic mass is 16.3. The third-order valence-electron chi connectivity index (χ3n) is 5.09. The Labute approximate surface area is 155 Å². The summed E-state index contributed by atoms with van der Waals surface area (Å²) < 4.78 is 1.46. The average molecular weight is 364 g/mol. The maximum absolute atomic E-state index is 12.6. The van der Waals surface area contributed by atoms with E-state index in [-0.39, 0.29) is 18.0 Å². The number of piperidine rings is 1. The number of aliphatic hydroxyl groups is 1. The van der Waals surface area contributed by atoms with Gasteiger partial charge in [-0.2, -0.15) is 0 Å². The van der Waals surface area contributed by atoms with Gasteiger partial charge in [-0.25, -0.2) is 4.98 Å². The summed E-state index contributed by atoms with van der Waals surface area (Å²) in [5, 5.41) is 11.5. The Bertz CT molecular complexity index is 1020. The lowest BCUT2D eigenvalue weighted by atomic mass is 9.91. The quantitative estimate of drug-likeness (QED) is 0.760. The van der Waals surface area contributed by atoms with Gasteiger partial charge in [-0.15, -0.1) is 0 Å². The first-order valence-corrected chi connectivity index (χ1v) is 8.92. The molecule has 0 saturated carbocycles. The molecule has 0 radical (unpaired) electrons. The molecule has 1 amide bonds. The highest BCUT2D eigenvalue weighted by Gasteiger charge is 2.35. The largest absolute Gasteiger partial charge is 0.388 e. The standard InChI is InChI=1S/C20H20N4O3/c25-18(15-4-3-9-21-12-15)23-10-7-20(27,8-11-23)13-24-14-22-17-6-2-1-5-16(17)19(24)26/h1-6,9,12,14,27H,7-8,10-11,13H2. The summed E-state index contributed by atoms with van der Waals surface area (Å²) in [4.78, 5) is 35.1. The van der Waals surface area contributed by atoms with E-state index in [0.717, 1.165) is 0 Å². The van der Waals surface area contributed by atoms with E-state index in [1.54, 1.807) is 47.6 Å². The molecular weight excluding hydrogens is 344 g/mol. The van der Waals surface area contributed by atoms with Crippen LogP contribution in [0.25, 0.3) is 10.9 Å². The molecule has 7 nitrogen and oxygen atoms in total. The van der Waals surface area contributed by atoms with Gasteiger partial charge in [-0.3, -0.25) is 19.1 Å². The lowest BCUT2D eigenvalue weighted by Crippen LogP contribution is -2.49. The molecule has 0 unspecified atom stereocenters. The molecule has 138 valence electrons.